The van der Waals surface area contributed by atoms with Crippen LogP contribution in [0.2, 0.25) is 5.02 Å². The molecule has 0 aromatic heterocycles. The maximum absolute atomic E-state index is 12.5. The van der Waals surface area contributed by atoms with E-state index >= 15 is 0 Å². The van der Waals surface area contributed by atoms with E-state index in [2.05, 4.69) is 32.2 Å². The lowest BCUT2D eigenvalue weighted by Gasteiger charge is -2.38. The van der Waals surface area contributed by atoms with Crippen molar-refractivity contribution in [3.8, 4) is 0 Å². The minimum absolute atomic E-state index is 0.0214. The fraction of sp³-hybridized carbons (Fsp3) is 0.435. The van der Waals surface area contributed by atoms with Crippen LogP contribution < -0.4 is 10.2 Å². The number of carbonyl (C=O) groups is 1. The first-order chi connectivity index (χ1) is 14.1. The van der Waals surface area contributed by atoms with Gasteiger partial charge < -0.3 is 10.2 Å². The largest absolute Gasteiger partial charge is 0.334 e. The summed E-state index contributed by atoms with van der Waals surface area (Å²) in [4.78, 5) is 16.9. The molecule has 2 aliphatic heterocycles. The van der Waals surface area contributed by atoms with Crippen LogP contribution >= 0.6 is 27.5 Å². The summed E-state index contributed by atoms with van der Waals surface area (Å²) in [5.74, 6) is 0.690. The van der Waals surface area contributed by atoms with E-state index in [0.717, 1.165) is 54.2 Å². The van der Waals surface area contributed by atoms with Crippen molar-refractivity contribution in [3.63, 3.8) is 0 Å². The van der Waals surface area contributed by atoms with Crippen molar-refractivity contribution in [1.82, 2.24) is 10.2 Å². The number of benzene rings is 2. The number of halogens is 2. The highest BCUT2D eigenvalue weighted by Gasteiger charge is 2.28. The van der Waals surface area contributed by atoms with Gasteiger partial charge in [-0.3, -0.25) is 4.90 Å². The summed E-state index contributed by atoms with van der Waals surface area (Å²) >= 11 is 9.81. The van der Waals surface area contributed by atoms with Crippen LogP contribution in [0.3, 0.4) is 0 Å². The molecule has 0 bridgehead atoms. The van der Waals surface area contributed by atoms with Crippen LogP contribution in [0.25, 0.3) is 0 Å². The van der Waals surface area contributed by atoms with E-state index in [9.17, 15) is 4.79 Å². The summed E-state index contributed by atoms with van der Waals surface area (Å²) in [7, 11) is 0. The van der Waals surface area contributed by atoms with Crippen molar-refractivity contribution in [2.45, 2.75) is 31.7 Å². The molecule has 0 radical (unpaired) electrons. The van der Waals surface area contributed by atoms with E-state index < -0.39 is 0 Å². The molecule has 2 aromatic rings. The van der Waals surface area contributed by atoms with Crippen molar-refractivity contribution in [2.75, 3.05) is 31.1 Å². The number of piperidine rings is 1. The normalized spacial score (nSPS) is 21.2. The minimum atomic E-state index is 0.0214. The lowest BCUT2D eigenvalue weighted by Crippen LogP contribution is -2.56. The number of nitrogens with one attached hydrogen (secondary N) is 1. The van der Waals surface area contributed by atoms with E-state index in [1.807, 2.05) is 47.4 Å². The van der Waals surface area contributed by atoms with Gasteiger partial charge in [0.1, 0.15) is 0 Å². The number of para-hydroxylation sites is 1. The average molecular weight is 477 g/mol. The van der Waals surface area contributed by atoms with Gasteiger partial charge in [0.25, 0.3) is 0 Å². The molecule has 4 nitrogen and oxygen atoms in total. The Bertz CT molecular complexity index is 839. The lowest BCUT2D eigenvalue weighted by atomic mass is 9.90. The third-order valence-electron chi connectivity index (χ3n) is 6.04. The van der Waals surface area contributed by atoms with Crippen LogP contribution in [0.15, 0.2) is 53.0 Å². The van der Waals surface area contributed by atoms with Crippen molar-refractivity contribution in [1.29, 1.82) is 0 Å². The van der Waals surface area contributed by atoms with E-state index in [-0.39, 0.29) is 12.1 Å². The van der Waals surface area contributed by atoms with E-state index in [1.165, 1.54) is 18.4 Å². The zero-order chi connectivity index (χ0) is 20.2. The number of anilines is 1. The van der Waals surface area contributed by atoms with Gasteiger partial charge in [-0.05, 0) is 80.6 Å². The Labute approximate surface area is 186 Å². The first kappa shape index (κ1) is 20.7. The van der Waals surface area contributed by atoms with Gasteiger partial charge in [-0.25, -0.2) is 4.79 Å². The molecule has 2 aromatic carbocycles. The molecular weight excluding hydrogens is 450 g/mol. The van der Waals surface area contributed by atoms with Crippen molar-refractivity contribution in [2.24, 2.45) is 5.92 Å². The molecule has 29 heavy (non-hydrogen) atoms. The molecule has 4 rings (SSSR count). The first-order valence-electron chi connectivity index (χ1n) is 10.4. The molecule has 1 N–H and O–H groups in total. The highest BCUT2D eigenvalue weighted by atomic mass is 79.9. The maximum Gasteiger partial charge on any atom is 0.322 e. The van der Waals surface area contributed by atoms with Gasteiger partial charge in [0.05, 0.1) is 0 Å². The van der Waals surface area contributed by atoms with Gasteiger partial charge in [-0.2, -0.15) is 0 Å². The summed E-state index contributed by atoms with van der Waals surface area (Å²) in [5.41, 5.74) is 2.27. The van der Waals surface area contributed by atoms with Gasteiger partial charge in [-0.15, -0.1) is 0 Å². The van der Waals surface area contributed by atoms with Gasteiger partial charge in [0, 0.05) is 34.3 Å². The summed E-state index contributed by atoms with van der Waals surface area (Å²) in [6, 6.07) is 16.2. The quantitative estimate of drug-likeness (QED) is 0.632. The van der Waals surface area contributed by atoms with Crippen molar-refractivity contribution >= 4 is 39.2 Å². The third kappa shape index (κ3) is 5.33. The second-order valence-electron chi connectivity index (χ2n) is 8.11. The molecule has 0 aliphatic carbocycles. The number of rotatable bonds is 5. The molecule has 1 unspecified atom stereocenters. The van der Waals surface area contributed by atoms with Crippen molar-refractivity contribution in [3.05, 3.63) is 63.6 Å². The molecule has 2 aliphatic rings. The third-order valence-corrected chi connectivity index (χ3v) is 7.05. The second-order valence-corrected chi connectivity index (χ2v) is 9.40. The van der Waals surface area contributed by atoms with Crippen LogP contribution in [0.1, 0.15) is 24.8 Å². The van der Waals surface area contributed by atoms with Crippen LogP contribution in [-0.2, 0) is 6.42 Å². The molecule has 0 spiro atoms. The van der Waals surface area contributed by atoms with E-state index in [0.29, 0.717) is 5.92 Å². The molecule has 1 atom stereocenters. The smallest absolute Gasteiger partial charge is 0.322 e. The average Bonchev–Trinajstić information content (AvgIpc) is 2.73. The molecule has 2 heterocycles. The summed E-state index contributed by atoms with van der Waals surface area (Å²) in [6.45, 7) is 3.91. The second kappa shape index (κ2) is 9.50. The number of urea groups is 1. The number of hydrogen-bond acceptors (Lipinski definition) is 2. The molecular formula is C23H27BrClN3O. The topological polar surface area (TPSA) is 35.6 Å². The Morgan fingerprint density at radius 1 is 1.03 bits per heavy atom. The molecule has 154 valence electrons. The Balaban J connectivity index is 1.24. The summed E-state index contributed by atoms with van der Waals surface area (Å²) in [6.07, 6.45) is 4.43. The van der Waals surface area contributed by atoms with E-state index in [4.69, 9.17) is 11.6 Å². The minimum Gasteiger partial charge on any atom is -0.334 e. The zero-order valence-electron chi connectivity index (χ0n) is 16.5. The standard InChI is InChI=1S/C23H27BrClN3O/c24-22-7-6-19(25)15-18(22)14-17-8-11-27(12-9-17)16-20-10-13-28(23(29)26-20)21-4-2-1-3-5-21/h1-7,15,17,20H,8-14,16H2,(H,26,29). The Morgan fingerprint density at radius 3 is 2.52 bits per heavy atom. The van der Waals surface area contributed by atoms with Gasteiger partial charge in [-0.1, -0.05) is 45.7 Å². The number of likely N-dealkylation sites (tertiary alicyclic amines) is 1. The zero-order valence-corrected chi connectivity index (χ0v) is 18.8. The van der Waals surface area contributed by atoms with Crippen LogP contribution in [0.4, 0.5) is 10.5 Å². The molecule has 2 saturated heterocycles. The van der Waals surface area contributed by atoms with Gasteiger partial charge >= 0.3 is 6.03 Å². The highest BCUT2D eigenvalue weighted by Crippen LogP contribution is 2.28. The Morgan fingerprint density at radius 2 is 1.79 bits per heavy atom. The molecule has 0 saturated carbocycles. The van der Waals surface area contributed by atoms with E-state index in [1.54, 1.807) is 0 Å². The number of amides is 2. The summed E-state index contributed by atoms with van der Waals surface area (Å²) in [5, 5.41) is 4.01. The van der Waals surface area contributed by atoms with Crippen molar-refractivity contribution < 1.29 is 4.79 Å². The van der Waals surface area contributed by atoms with Gasteiger partial charge in [0.15, 0.2) is 0 Å². The fourth-order valence-electron chi connectivity index (χ4n) is 4.40. The van der Waals surface area contributed by atoms with Crippen LogP contribution in [-0.4, -0.2) is 43.2 Å². The molecule has 2 amide bonds. The van der Waals surface area contributed by atoms with Gasteiger partial charge in [0.2, 0.25) is 0 Å². The fourth-order valence-corrected chi connectivity index (χ4v) is 5.00. The SMILES string of the molecule is O=C1NC(CN2CCC(Cc3cc(Cl)ccc3Br)CC2)CCN1c1ccccc1. The first-order valence-corrected chi connectivity index (χ1v) is 11.5. The number of hydrogen-bond donors (Lipinski definition) is 1. The maximum atomic E-state index is 12.5. The predicted octanol–water partition coefficient (Wildman–Crippen LogP) is 5.35. The number of nitrogens with zero attached hydrogens (tertiary/aromatic N) is 2. The molecule has 2 fully saturated rings. The Kier molecular flexibility index (Phi) is 6.78. The lowest BCUT2D eigenvalue weighted by molar-refractivity contribution is 0.162. The summed E-state index contributed by atoms with van der Waals surface area (Å²) < 4.78 is 1.15. The highest BCUT2D eigenvalue weighted by molar-refractivity contribution is 9.10. The predicted molar refractivity (Wildman–Crippen MR) is 123 cm³/mol. The number of carbonyl (C=O) groups excluding carboxylic acids is 1. The van der Waals surface area contributed by atoms with Crippen LogP contribution in [0.5, 0.6) is 0 Å². The Hall–Kier alpha value is -1.56. The monoisotopic (exact) mass is 475 g/mol. The van der Waals surface area contributed by atoms with Crippen LogP contribution in [0, 0.1) is 5.92 Å². The molecule has 6 heteroatoms.